The van der Waals surface area contributed by atoms with E-state index in [1.165, 1.54) is 16.7 Å². The first-order chi connectivity index (χ1) is 19.2. The lowest BCUT2D eigenvalue weighted by molar-refractivity contribution is 0.0495. The van der Waals surface area contributed by atoms with Crippen LogP contribution in [0.3, 0.4) is 0 Å². The lowest BCUT2D eigenvalue weighted by Crippen LogP contribution is -2.02. The second-order valence-electron chi connectivity index (χ2n) is 9.13. The van der Waals surface area contributed by atoms with Crippen LogP contribution in [0.25, 0.3) is 0 Å². The van der Waals surface area contributed by atoms with E-state index < -0.39 is 0 Å². The lowest BCUT2D eigenvalue weighted by atomic mass is 10.0. The standard InChI is InChI=1S/C33H36O6/c1-34-23-37-31-9-5-7-27(21-31)12-13-28-16-19-32(38-24-35-2)33(22-28)39-29-17-14-25(15-18-29)10-11-26-6-4-8-30(20-26)36-3/h4-9,14-22H,10-13,23-24H2,1-3H3. The zero-order valence-corrected chi connectivity index (χ0v) is 22.9. The second kappa shape index (κ2) is 14.8. The predicted molar refractivity (Wildman–Crippen MR) is 152 cm³/mol. The highest BCUT2D eigenvalue weighted by Crippen LogP contribution is 2.33. The molecular formula is C33H36O6. The maximum atomic E-state index is 6.28. The van der Waals surface area contributed by atoms with Gasteiger partial charge in [-0.2, -0.15) is 0 Å². The zero-order valence-electron chi connectivity index (χ0n) is 22.9. The predicted octanol–water partition coefficient (Wildman–Crippen LogP) is 7.02. The third-order valence-corrected chi connectivity index (χ3v) is 6.27. The first-order valence-electron chi connectivity index (χ1n) is 13.0. The smallest absolute Gasteiger partial charge is 0.188 e. The molecule has 0 amide bonds. The number of rotatable bonds is 15. The van der Waals surface area contributed by atoms with E-state index in [2.05, 4.69) is 36.4 Å². The summed E-state index contributed by atoms with van der Waals surface area (Å²) >= 11 is 0. The Morgan fingerprint density at radius 2 is 1.03 bits per heavy atom. The third-order valence-electron chi connectivity index (χ3n) is 6.27. The molecule has 0 N–H and O–H groups in total. The minimum Gasteiger partial charge on any atom is -0.497 e. The molecule has 6 nitrogen and oxygen atoms in total. The van der Waals surface area contributed by atoms with Crippen LogP contribution in [0.5, 0.6) is 28.7 Å². The first kappa shape index (κ1) is 28.0. The van der Waals surface area contributed by atoms with Crippen LogP contribution < -0.4 is 18.9 Å². The monoisotopic (exact) mass is 528 g/mol. The van der Waals surface area contributed by atoms with E-state index in [0.717, 1.165) is 48.5 Å². The quantitative estimate of drug-likeness (QED) is 0.155. The van der Waals surface area contributed by atoms with Crippen LogP contribution in [-0.2, 0) is 35.2 Å². The highest BCUT2D eigenvalue weighted by atomic mass is 16.7. The highest BCUT2D eigenvalue weighted by Gasteiger charge is 2.10. The van der Waals surface area contributed by atoms with Crippen molar-refractivity contribution in [2.45, 2.75) is 25.7 Å². The highest BCUT2D eigenvalue weighted by molar-refractivity contribution is 5.46. The van der Waals surface area contributed by atoms with E-state index in [0.29, 0.717) is 11.5 Å². The minimum atomic E-state index is 0.146. The molecule has 0 aliphatic carbocycles. The van der Waals surface area contributed by atoms with E-state index >= 15 is 0 Å². The van der Waals surface area contributed by atoms with Gasteiger partial charge in [-0.25, -0.2) is 0 Å². The molecule has 0 radical (unpaired) electrons. The van der Waals surface area contributed by atoms with Crippen LogP contribution in [0, 0.1) is 0 Å². The number of hydrogen-bond donors (Lipinski definition) is 0. The molecule has 0 fully saturated rings. The number of hydrogen-bond acceptors (Lipinski definition) is 6. The Balaban J connectivity index is 1.40. The molecule has 4 aromatic rings. The molecule has 6 heteroatoms. The van der Waals surface area contributed by atoms with Gasteiger partial charge >= 0.3 is 0 Å². The second-order valence-corrected chi connectivity index (χ2v) is 9.13. The summed E-state index contributed by atoms with van der Waals surface area (Å²) in [6.07, 6.45) is 3.58. The summed E-state index contributed by atoms with van der Waals surface area (Å²) in [5, 5.41) is 0. The van der Waals surface area contributed by atoms with Crippen LogP contribution in [0.1, 0.15) is 22.3 Å². The van der Waals surface area contributed by atoms with Gasteiger partial charge in [0.15, 0.2) is 25.1 Å². The molecule has 4 aromatic carbocycles. The molecule has 0 unspecified atom stereocenters. The van der Waals surface area contributed by atoms with Gasteiger partial charge in [0.1, 0.15) is 17.2 Å². The third kappa shape index (κ3) is 8.77. The van der Waals surface area contributed by atoms with Crippen molar-refractivity contribution < 1.29 is 28.4 Å². The van der Waals surface area contributed by atoms with Gasteiger partial charge in [0.2, 0.25) is 0 Å². The fourth-order valence-electron chi connectivity index (χ4n) is 4.20. The van der Waals surface area contributed by atoms with Crippen LogP contribution in [0.2, 0.25) is 0 Å². The lowest BCUT2D eigenvalue weighted by Gasteiger charge is -2.14. The van der Waals surface area contributed by atoms with Crippen LogP contribution in [0.4, 0.5) is 0 Å². The van der Waals surface area contributed by atoms with E-state index in [1.54, 1.807) is 21.3 Å². The van der Waals surface area contributed by atoms with Crippen molar-refractivity contribution in [3.05, 3.63) is 113 Å². The summed E-state index contributed by atoms with van der Waals surface area (Å²) < 4.78 is 33.1. The van der Waals surface area contributed by atoms with E-state index in [4.69, 9.17) is 28.4 Å². The normalized spacial score (nSPS) is 10.7. The molecule has 0 aliphatic heterocycles. The van der Waals surface area contributed by atoms with Gasteiger partial charge in [0, 0.05) is 14.2 Å². The van der Waals surface area contributed by atoms with E-state index in [-0.39, 0.29) is 13.6 Å². The molecule has 0 heterocycles. The molecule has 0 saturated heterocycles. The number of aryl methyl sites for hydroxylation is 4. The molecule has 0 spiro atoms. The van der Waals surface area contributed by atoms with Gasteiger partial charge in [-0.15, -0.1) is 0 Å². The Hall–Kier alpha value is -4.00. The Morgan fingerprint density at radius 3 is 1.69 bits per heavy atom. The summed E-state index contributed by atoms with van der Waals surface area (Å²) in [5.74, 6) is 3.73. The molecule has 0 saturated carbocycles. The number of ether oxygens (including phenoxy) is 6. The topological polar surface area (TPSA) is 55.4 Å². The molecular weight excluding hydrogens is 492 g/mol. The molecule has 4 rings (SSSR count). The van der Waals surface area contributed by atoms with Gasteiger partial charge in [0.05, 0.1) is 7.11 Å². The number of methoxy groups -OCH3 is 3. The fourth-order valence-corrected chi connectivity index (χ4v) is 4.20. The van der Waals surface area contributed by atoms with Gasteiger partial charge < -0.3 is 28.4 Å². The van der Waals surface area contributed by atoms with Crippen LogP contribution in [-0.4, -0.2) is 34.9 Å². The van der Waals surface area contributed by atoms with Crippen molar-refractivity contribution in [2.75, 3.05) is 34.9 Å². The Kier molecular flexibility index (Phi) is 10.6. The van der Waals surface area contributed by atoms with Crippen molar-refractivity contribution in [3.63, 3.8) is 0 Å². The van der Waals surface area contributed by atoms with Gasteiger partial charge in [-0.05, 0) is 96.5 Å². The largest absolute Gasteiger partial charge is 0.497 e. The van der Waals surface area contributed by atoms with Gasteiger partial charge in [-0.1, -0.05) is 42.5 Å². The van der Waals surface area contributed by atoms with Crippen molar-refractivity contribution in [1.82, 2.24) is 0 Å². The molecule has 0 aliphatic rings. The summed E-state index contributed by atoms with van der Waals surface area (Å²) in [6, 6.07) is 30.5. The average molecular weight is 529 g/mol. The Labute approximate surface area is 231 Å². The SMILES string of the molecule is COCOc1cccc(CCc2ccc(OCOC)c(Oc3ccc(CCc4cccc(OC)c4)cc3)c2)c1. The maximum absolute atomic E-state index is 6.28. The summed E-state index contributed by atoms with van der Waals surface area (Å²) in [6.45, 7) is 0.378. The summed E-state index contributed by atoms with van der Waals surface area (Å²) in [5.41, 5.74) is 4.83. The minimum absolute atomic E-state index is 0.146. The summed E-state index contributed by atoms with van der Waals surface area (Å²) in [4.78, 5) is 0. The average Bonchev–Trinajstić information content (AvgIpc) is 2.98. The molecule has 39 heavy (non-hydrogen) atoms. The van der Waals surface area contributed by atoms with Crippen LogP contribution in [0.15, 0.2) is 91.0 Å². The molecule has 0 aromatic heterocycles. The van der Waals surface area contributed by atoms with Gasteiger partial charge in [0.25, 0.3) is 0 Å². The van der Waals surface area contributed by atoms with Crippen molar-refractivity contribution in [3.8, 4) is 28.7 Å². The van der Waals surface area contributed by atoms with Crippen molar-refractivity contribution in [1.29, 1.82) is 0 Å². The molecule has 0 atom stereocenters. The van der Waals surface area contributed by atoms with E-state index in [1.807, 2.05) is 54.6 Å². The summed E-state index contributed by atoms with van der Waals surface area (Å²) in [7, 11) is 4.91. The molecule has 204 valence electrons. The Bertz CT molecular complexity index is 1300. The number of benzene rings is 4. The maximum Gasteiger partial charge on any atom is 0.188 e. The van der Waals surface area contributed by atoms with Crippen molar-refractivity contribution in [2.24, 2.45) is 0 Å². The van der Waals surface area contributed by atoms with Crippen molar-refractivity contribution >= 4 is 0 Å². The zero-order chi connectivity index (χ0) is 27.3. The van der Waals surface area contributed by atoms with Crippen LogP contribution >= 0.6 is 0 Å². The van der Waals surface area contributed by atoms with Gasteiger partial charge in [-0.3, -0.25) is 0 Å². The molecule has 0 bridgehead atoms. The Morgan fingerprint density at radius 1 is 0.462 bits per heavy atom. The first-order valence-corrected chi connectivity index (χ1v) is 13.0. The van der Waals surface area contributed by atoms with E-state index in [9.17, 15) is 0 Å². The fraction of sp³-hybridized carbons (Fsp3) is 0.273.